The third kappa shape index (κ3) is 3.60. The van der Waals surface area contributed by atoms with Crippen LogP contribution in [0.15, 0.2) is 18.2 Å². The highest BCUT2D eigenvalue weighted by molar-refractivity contribution is 5.64. The Morgan fingerprint density at radius 1 is 1.50 bits per heavy atom. The molecule has 6 heteroatoms. The standard InChI is InChI=1S/C14H21N3O3/c1-3-15-11-7-12(9-13(8-11)17(18)19)16(2)10-14-5-4-6-20-14/h7-9,14-15H,3-6,10H2,1-2H3. The van der Waals surface area contributed by atoms with Gasteiger partial charge in [-0.05, 0) is 25.8 Å². The van der Waals surface area contributed by atoms with Gasteiger partial charge >= 0.3 is 0 Å². The first-order valence-electron chi connectivity index (χ1n) is 6.96. The van der Waals surface area contributed by atoms with Crippen LogP contribution in [0.25, 0.3) is 0 Å². The van der Waals surface area contributed by atoms with E-state index in [1.807, 2.05) is 24.9 Å². The maximum atomic E-state index is 11.0. The summed E-state index contributed by atoms with van der Waals surface area (Å²) < 4.78 is 5.61. The highest BCUT2D eigenvalue weighted by Crippen LogP contribution is 2.27. The molecule has 110 valence electrons. The van der Waals surface area contributed by atoms with Gasteiger partial charge in [0.25, 0.3) is 5.69 Å². The van der Waals surface area contributed by atoms with E-state index in [0.717, 1.165) is 43.9 Å². The number of hydrogen-bond donors (Lipinski definition) is 1. The number of hydrogen-bond acceptors (Lipinski definition) is 5. The number of ether oxygens (including phenoxy) is 1. The first kappa shape index (κ1) is 14.6. The summed E-state index contributed by atoms with van der Waals surface area (Å²) in [7, 11) is 1.94. The number of anilines is 2. The van der Waals surface area contributed by atoms with Crippen LogP contribution in [-0.4, -0.2) is 37.8 Å². The molecule has 0 saturated carbocycles. The summed E-state index contributed by atoms with van der Waals surface area (Å²) >= 11 is 0. The van der Waals surface area contributed by atoms with Crippen molar-refractivity contribution in [3.63, 3.8) is 0 Å². The van der Waals surface area contributed by atoms with Crippen molar-refractivity contribution in [3.05, 3.63) is 28.3 Å². The van der Waals surface area contributed by atoms with Crippen molar-refractivity contribution in [2.75, 3.05) is 37.0 Å². The maximum absolute atomic E-state index is 11.0. The number of benzene rings is 1. The Bertz CT molecular complexity index is 473. The Kier molecular flexibility index (Phi) is 4.79. The molecule has 2 rings (SSSR count). The van der Waals surface area contributed by atoms with Crippen LogP contribution < -0.4 is 10.2 Å². The minimum Gasteiger partial charge on any atom is -0.385 e. The molecule has 0 spiro atoms. The lowest BCUT2D eigenvalue weighted by Gasteiger charge is -2.23. The largest absolute Gasteiger partial charge is 0.385 e. The molecular formula is C14H21N3O3. The van der Waals surface area contributed by atoms with Crippen molar-refractivity contribution < 1.29 is 9.66 Å². The van der Waals surface area contributed by atoms with Gasteiger partial charge in [-0.2, -0.15) is 0 Å². The molecule has 1 aliphatic heterocycles. The molecule has 1 aromatic carbocycles. The average Bonchev–Trinajstić information content (AvgIpc) is 2.91. The smallest absolute Gasteiger partial charge is 0.273 e. The van der Waals surface area contributed by atoms with Gasteiger partial charge in [-0.1, -0.05) is 0 Å². The van der Waals surface area contributed by atoms with Gasteiger partial charge in [0.15, 0.2) is 0 Å². The molecule has 6 nitrogen and oxygen atoms in total. The van der Waals surface area contributed by atoms with E-state index in [1.165, 1.54) is 0 Å². The normalized spacial score (nSPS) is 18.0. The summed E-state index contributed by atoms with van der Waals surface area (Å²) in [6, 6.07) is 5.11. The highest BCUT2D eigenvalue weighted by Gasteiger charge is 2.19. The van der Waals surface area contributed by atoms with Gasteiger partial charge in [0.2, 0.25) is 0 Å². The maximum Gasteiger partial charge on any atom is 0.273 e. The first-order valence-corrected chi connectivity index (χ1v) is 6.96. The molecular weight excluding hydrogens is 258 g/mol. The zero-order chi connectivity index (χ0) is 14.5. The number of nitro benzene ring substituents is 1. The van der Waals surface area contributed by atoms with Gasteiger partial charge in [-0.25, -0.2) is 0 Å². The van der Waals surface area contributed by atoms with Crippen LogP contribution in [0.4, 0.5) is 17.1 Å². The van der Waals surface area contributed by atoms with Crippen LogP contribution in [0.2, 0.25) is 0 Å². The Hall–Kier alpha value is -1.82. The summed E-state index contributed by atoms with van der Waals surface area (Å²) in [6.07, 6.45) is 2.37. The molecule has 1 saturated heterocycles. The average molecular weight is 279 g/mol. The Morgan fingerprint density at radius 2 is 2.30 bits per heavy atom. The van der Waals surface area contributed by atoms with Crippen molar-refractivity contribution in [2.45, 2.75) is 25.9 Å². The Morgan fingerprint density at radius 3 is 2.90 bits per heavy atom. The summed E-state index contributed by atoms with van der Waals surface area (Å²) in [4.78, 5) is 12.7. The minimum atomic E-state index is -0.357. The second-order valence-electron chi connectivity index (χ2n) is 5.04. The van der Waals surface area contributed by atoms with E-state index in [4.69, 9.17) is 4.74 Å². The molecule has 1 N–H and O–H groups in total. The number of nitrogens with one attached hydrogen (secondary N) is 1. The van der Waals surface area contributed by atoms with Crippen LogP contribution in [0.1, 0.15) is 19.8 Å². The van der Waals surface area contributed by atoms with Gasteiger partial charge in [-0.3, -0.25) is 10.1 Å². The van der Waals surface area contributed by atoms with Crippen molar-refractivity contribution >= 4 is 17.1 Å². The molecule has 1 fully saturated rings. The fourth-order valence-electron chi connectivity index (χ4n) is 2.43. The molecule has 1 aromatic rings. The molecule has 1 atom stereocenters. The second kappa shape index (κ2) is 6.56. The number of nitrogens with zero attached hydrogens (tertiary/aromatic N) is 2. The number of rotatable bonds is 6. The third-order valence-electron chi connectivity index (χ3n) is 3.44. The van der Waals surface area contributed by atoms with Crippen molar-refractivity contribution in [1.29, 1.82) is 0 Å². The predicted molar refractivity (Wildman–Crippen MR) is 79.5 cm³/mol. The van der Waals surface area contributed by atoms with Crippen molar-refractivity contribution in [3.8, 4) is 0 Å². The Labute approximate surface area is 118 Å². The topological polar surface area (TPSA) is 67.6 Å². The van der Waals surface area contributed by atoms with E-state index < -0.39 is 0 Å². The molecule has 1 aliphatic rings. The minimum absolute atomic E-state index is 0.109. The van der Waals surface area contributed by atoms with E-state index >= 15 is 0 Å². The van der Waals surface area contributed by atoms with E-state index in [0.29, 0.717) is 0 Å². The quantitative estimate of drug-likeness (QED) is 0.640. The molecule has 0 aromatic heterocycles. The van der Waals surface area contributed by atoms with Crippen LogP contribution in [0.5, 0.6) is 0 Å². The zero-order valence-corrected chi connectivity index (χ0v) is 12.0. The molecule has 0 amide bonds. The summed E-state index contributed by atoms with van der Waals surface area (Å²) in [5, 5.41) is 14.1. The molecule has 1 unspecified atom stereocenters. The van der Waals surface area contributed by atoms with Crippen LogP contribution >= 0.6 is 0 Å². The van der Waals surface area contributed by atoms with Gasteiger partial charge in [0.05, 0.1) is 11.0 Å². The van der Waals surface area contributed by atoms with Crippen molar-refractivity contribution in [1.82, 2.24) is 0 Å². The third-order valence-corrected chi connectivity index (χ3v) is 3.44. The Balaban J connectivity index is 2.17. The van der Waals surface area contributed by atoms with Crippen molar-refractivity contribution in [2.24, 2.45) is 0 Å². The van der Waals surface area contributed by atoms with Gasteiger partial charge in [0.1, 0.15) is 0 Å². The lowest BCUT2D eigenvalue weighted by atomic mass is 10.2. The van der Waals surface area contributed by atoms with Gasteiger partial charge in [0, 0.05) is 50.3 Å². The molecule has 1 heterocycles. The number of non-ortho nitro benzene ring substituents is 1. The first-order chi connectivity index (χ1) is 9.60. The summed E-state index contributed by atoms with van der Waals surface area (Å²) in [6.45, 7) is 4.27. The zero-order valence-electron chi connectivity index (χ0n) is 12.0. The number of nitro groups is 1. The molecule has 0 aliphatic carbocycles. The number of likely N-dealkylation sites (N-methyl/N-ethyl adjacent to an activating group) is 1. The fraction of sp³-hybridized carbons (Fsp3) is 0.571. The molecule has 0 radical (unpaired) electrons. The fourth-order valence-corrected chi connectivity index (χ4v) is 2.43. The van der Waals surface area contributed by atoms with E-state index in [-0.39, 0.29) is 16.7 Å². The lowest BCUT2D eigenvalue weighted by Crippen LogP contribution is -2.28. The molecule has 20 heavy (non-hydrogen) atoms. The summed E-state index contributed by atoms with van der Waals surface area (Å²) in [5.74, 6) is 0. The van der Waals surface area contributed by atoms with E-state index in [2.05, 4.69) is 5.32 Å². The SMILES string of the molecule is CCNc1cc(N(C)CC2CCCO2)cc([N+](=O)[O-])c1. The van der Waals surface area contributed by atoms with Crippen LogP contribution in [0, 0.1) is 10.1 Å². The van der Waals surface area contributed by atoms with E-state index in [1.54, 1.807) is 12.1 Å². The predicted octanol–water partition coefficient (Wildman–Crippen LogP) is 2.64. The van der Waals surface area contributed by atoms with Crippen LogP contribution in [-0.2, 0) is 4.74 Å². The van der Waals surface area contributed by atoms with E-state index in [9.17, 15) is 10.1 Å². The monoisotopic (exact) mass is 279 g/mol. The second-order valence-corrected chi connectivity index (χ2v) is 5.04. The highest BCUT2D eigenvalue weighted by atomic mass is 16.6. The van der Waals surface area contributed by atoms with Gasteiger partial charge < -0.3 is 15.0 Å². The summed E-state index contributed by atoms with van der Waals surface area (Å²) in [5.41, 5.74) is 1.72. The molecule has 0 bridgehead atoms. The lowest BCUT2D eigenvalue weighted by molar-refractivity contribution is -0.384. The van der Waals surface area contributed by atoms with Crippen LogP contribution in [0.3, 0.4) is 0 Å². The van der Waals surface area contributed by atoms with Gasteiger partial charge in [-0.15, -0.1) is 0 Å².